The topological polar surface area (TPSA) is 153 Å². The van der Waals surface area contributed by atoms with Crippen molar-refractivity contribution in [2.24, 2.45) is 0 Å². The van der Waals surface area contributed by atoms with Gasteiger partial charge < -0.3 is 5.32 Å². The largest absolute Gasteiger partial charge is 0.348 e. The number of fused-ring (bicyclic) bond motifs is 1. The van der Waals surface area contributed by atoms with Crippen LogP contribution in [0.25, 0.3) is 28.1 Å². The highest BCUT2D eigenvalue weighted by Gasteiger charge is 2.16. The number of aryl methyl sites for hydroxylation is 1. The number of hydrogen-bond acceptors (Lipinski definition) is 9. The number of nitrogens with one attached hydrogen (secondary N) is 2. The quantitative estimate of drug-likeness (QED) is 0.236. The summed E-state index contributed by atoms with van der Waals surface area (Å²) < 4.78 is 24.8. The number of aromatic nitrogens is 6. The number of nitrogens with zero attached hydrogens (tertiary/aromatic N) is 5. The van der Waals surface area contributed by atoms with Gasteiger partial charge in [0.05, 0.1) is 16.3 Å². The Hall–Kier alpha value is -5.14. The number of amides is 1. The maximum Gasteiger partial charge on any atom is 0.256 e. The minimum atomic E-state index is -3.29. The number of rotatable bonds is 8. The second-order valence-electron chi connectivity index (χ2n) is 9.92. The Balaban J connectivity index is 1.23. The zero-order chi connectivity index (χ0) is 30.8. The number of H-pyrrole nitrogens is 1. The molecule has 6 rings (SSSR count). The zero-order valence-corrected chi connectivity index (χ0v) is 25.2. The number of carbonyl (C=O) groups is 1. The fourth-order valence-electron chi connectivity index (χ4n) is 4.54. The second kappa shape index (κ2) is 11.9. The van der Waals surface area contributed by atoms with Gasteiger partial charge in [-0.25, -0.2) is 23.4 Å². The fourth-order valence-corrected chi connectivity index (χ4v) is 5.87. The maximum atomic E-state index is 13.1. The lowest BCUT2D eigenvalue weighted by Crippen LogP contribution is -2.23. The van der Waals surface area contributed by atoms with Crippen LogP contribution in [0.5, 0.6) is 0 Å². The third kappa shape index (κ3) is 6.14. The van der Waals surface area contributed by atoms with Crippen molar-refractivity contribution in [1.82, 2.24) is 35.0 Å². The number of pyridine rings is 1. The van der Waals surface area contributed by atoms with Crippen molar-refractivity contribution in [3.8, 4) is 17.1 Å². The van der Waals surface area contributed by atoms with E-state index < -0.39 is 9.84 Å². The molecule has 0 atom stereocenters. The van der Waals surface area contributed by atoms with Crippen molar-refractivity contribution in [2.45, 2.75) is 28.7 Å². The van der Waals surface area contributed by atoms with Crippen LogP contribution in [0.15, 0.2) is 111 Å². The molecular formula is C31H25N7O4S2. The standard InChI is InChI=1S/C31H25N7O4S2/c1-19-25-16-17-26(39)38(28(25)35-30(33-19)43-31-34-27(36-37-31)21-6-4-3-5-7-21)23-12-10-22(11-13-23)29(40)32-18-20-8-14-24(15-9-20)44(2,41)42/h3-17H,18H2,1-2H3,(H,32,40)(H,34,36,37). The van der Waals surface area contributed by atoms with Gasteiger partial charge >= 0.3 is 0 Å². The van der Waals surface area contributed by atoms with Gasteiger partial charge in [-0.15, -0.1) is 5.10 Å². The van der Waals surface area contributed by atoms with Crippen molar-refractivity contribution in [3.63, 3.8) is 0 Å². The maximum absolute atomic E-state index is 13.1. The molecule has 0 spiro atoms. The summed E-state index contributed by atoms with van der Waals surface area (Å²) >= 11 is 1.18. The second-order valence-corrected chi connectivity index (χ2v) is 12.9. The molecule has 3 aromatic carbocycles. The molecule has 13 heteroatoms. The van der Waals surface area contributed by atoms with E-state index in [1.807, 2.05) is 37.3 Å². The van der Waals surface area contributed by atoms with Crippen LogP contribution < -0.4 is 10.9 Å². The highest BCUT2D eigenvalue weighted by atomic mass is 32.2. The summed E-state index contributed by atoms with van der Waals surface area (Å²) in [6.07, 6.45) is 1.14. The molecule has 6 aromatic rings. The van der Waals surface area contributed by atoms with Gasteiger partial charge in [-0.05, 0) is 66.7 Å². The summed E-state index contributed by atoms with van der Waals surface area (Å²) in [4.78, 5) is 40.0. The van der Waals surface area contributed by atoms with E-state index in [-0.39, 0.29) is 22.9 Å². The van der Waals surface area contributed by atoms with Gasteiger partial charge in [0.1, 0.15) is 0 Å². The molecule has 0 radical (unpaired) electrons. The Labute approximate surface area is 256 Å². The molecule has 2 N–H and O–H groups in total. The molecule has 11 nitrogen and oxygen atoms in total. The molecule has 0 aliphatic carbocycles. The van der Waals surface area contributed by atoms with E-state index in [1.54, 1.807) is 42.5 Å². The van der Waals surface area contributed by atoms with Crippen LogP contribution in [-0.4, -0.2) is 50.3 Å². The molecule has 3 aromatic heterocycles. The fraction of sp³-hybridized carbons (Fsp3) is 0.0968. The monoisotopic (exact) mass is 623 g/mol. The minimum absolute atomic E-state index is 0.216. The van der Waals surface area contributed by atoms with E-state index >= 15 is 0 Å². The van der Waals surface area contributed by atoms with Crippen molar-refractivity contribution < 1.29 is 13.2 Å². The summed E-state index contributed by atoms with van der Waals surface area (Å²) in [5.41, 5.74) is 3.41. The third-order valence-corrected chi connectivity index (χ3v) is 8.67. The predicted octanol–water partition coefficient (Wildman–Crippen LogP) is 4.36. The van der Waals surface area contributed by atoms with E-state index in [0.29, 0.717) is 44.1 Å². The van der Waals surface area contributed by atoms with Crippen molar-refractivity contribution in [2.75, 3.05) is 6.26 Å². The van der Waals surface area contributed by atoms with E-state index in [4.69, 9.17) is 4.98 Å². The van der Waals surface area contributed by atoms with Gasteiger partial charge in [0.2, 0.25) is 5.16 Å². The number of benzene rings is 3. The van der Waals surface area contributed by atoms with Gasteiger partial charge in [0, 0.05) is 35.4 Å². The summed E-state index contributed by atoms with van der Waals surface area (Å²) in [7, 11) is -3.29. The van der Waals surface area contributed by atoms with E-state index in [0.717, 1.165) is 17.4 Å². The van der Waals surface area contributed by atoms with Gasteiger partial charge in [0.15, 0.2) is 26.5 Å². The Bertz CT molecular complexity index is 2160. The van der Waals surface area contributed by atoms with Crippen LogP contribution in [0.1, 0.15) is 21.6 Å². The molecule has 44 heavy (non-hydrogen) atoms. The van der Waals surface area contributed by atoms with Crippen LogP contribution in [0.2, 0.25) is 0 Å². The molecule has 0 fully saturated rings. The lowest BCUT2D eigenvalue weighted by molar-refractivity contribution is 0.0951. The van der Waals surface area contributed by atoms with Gasteiger partial charge in [-0.2, -0.15) is 0 Å². The van der Waals surface area contributed by atoms with Crippen molar-refractivity contribution >= 4 is 38.5 Å². The number of carbonyl (C=O) groups excluding carboxylic acids is 1. The summed E-state index contributed by atoms with van der Waals surface area (Å²) in [6, 6.07) is 25.8. The zero-order valence-electron chi connectivity index (χ0n) is 23.6. The number of aromatic amines is 1. The van der Waals surface area contributed by atoms with Gasteiger partial charge in [-0.1, -0.05) is 42.5 Å². The van der Waals surface area contributed by atoms with Crippen LogP contribution >= 0.6 is 11.8 Å². The lowest BCUT2D eigenvalue weighted by atomic mass is 10.1. The van der Waals surface area contributed by atoms with E-state index in [1.165, 1.54) is 34.5 Å². The van der Waals surface area contributed by atoms with Gasteiger partial charge in [0.25, 0.3) is 11.5 Å². The molecule has 0 saturated heterocycles. The Morgan fingerprint density at radius 2 is 1.61 bits per heavy atom. The molecule has 0 aliphatic rings. The van der Waals surface area contributed by atoms with Crippen LogP contribution in [0.3, 0.4) is 0 Å². The summed E-state index contributed by atoms with van der Waals surface area (Å²) in [6.45, 7) is 2.07. The highest BCUT2D eigenvalue weighted by molar-refractivity contribution is 7.99. The van der Waals surface area contributed by atoms with Crippen LogP contribution in [0, 0.1) is 6.92 Å². The molecule has 0 saturated carbocycles. The highest BCUT2D eigenvalue weighted by Crippen LogP contribution is 2.27. The Morgan fingerprint density at radius 3 is 2.32 bits per heavy atom. The smallest absolute Gasteiger partial charge is 0.256 e. The predicted molar refractivity (Wildman–Crippen MR) is 167 cm³/mol. The van der Waals surface area contributed by atoms with Crippen LogP contribution in [0.4, 0.5) is 0 Å². The molecule has 220 valence electrons. The minimum Gasteiger partial charge on any atom is -0.348 e. The SMILES string of the molecule is Cc1nc(Sc2n[nH]c(-c3ccccc3)n2)nc2c1ccc(=O)n2-c1ccc(C(=O)NCc2ccc(S(C)(=O)=O)cc2)cc1. The van der Waals surface area contributed by atoms with Crippen molar-refractivity contribution in [1.29, 1.82) is 0 Å². The van der Waals surface area contributed by atoms with Gasteiger partial charge in [-0.3, -0.25) is 19.3 Å². The third-order valence-electron chi connectivity index (χ3n) is 6.81. The average molecular weight is 624 g/mol. The molecule has 1 amide bonds. The van der Waals surface area contributed by atoms with E-state index in [2.05, 4.69) is 25.5 Å². The Kier molecular flexibility index (Phi) is 7.80. The Morgan fingerprint density at radius 1 is 0.886 bits per heavy atom. The molecule has 0 unspecified atom stereocenters. The molecule has 3 heterocycles. The first-order valence-corrected chi connectivity index (χ1v) is 16.1. The first-order chi connectivity index (χ1) is 21.2. The average Bonchev–Trinajstić information content (AvgIpc) is 3.48. The first-order valence-electron chi connectivity index (χ1n) is 13.4. The van der Waals surface area contributed by atoms with Crippen LogP contribution in [-0.2, 0) is 16.4 Å². The molecular weight excluding hydrogens is 599 g/mol. The summed E-state index contributed by atoms with van der Waals surface area (Å²) in [5, 5.41) is 11.6. The molecule has 0 aliphatic heterocycles. The normalized spacial score (nSPS) is 11.5. The lowest BCUT2D eigenvalue weighted by Gasteiger charge is -2.12. The van der Waals surface area contributed by atoms with Crippen molar-refractivity contribution in [3.05, 3.63) is 118 Å². The first kappa shape index (κ1) is 29.0. The van der Waals surface area contributed by atoms with E-state index in [9.17, 15) is 18.0 Å². The molecule has 0 bridgehead atoms. The summed E-state index contributed by atoms with van der Waals surface area (Å²) in [5.74, 6) is 0.309. The number of hydrogen-bond donors (Lipinski definition) is 2. The number of sulfone groups is 1.